The van der Waals surface area contributed by atoms with Gasteiger partial charge in [-0.2, -0.15) is 0 Å². The fraction of sp³-hybridized carbons (Fsp3) is 0.429. The van der Waals surface area contributed by atoms with Crippen molar-refractivity contribution in [1.29, 1.82) is 0 Å². The van der Waals surface area contributed by atoms with Gasteiger partial charge in [0.25, 0.3) is 0 Å². The molecule has 0 radical (unpaired) electrons. The maximum Gasteiger partial charge on any atom is 0.336 e. The molecule has 0 heterocycles. The minimum atomic E-state index is -1.48. The second-order valence-electron chi connectivity index (χ2n) is 4.26. The third kappa shape index (κ3) is 2.93. The number of carbonyl (C=O) groups excluding carboxylic acids is 1. The van der Waals surface area contributed by atoms with Gasteiger partial charge in [-0.15, -0.1) is 0 Å². The molecule has 19 heavy (non-hydrogen) atoms. The third-order valence-electron chi connectivity index (χ3n) is 3.04. The Bertz CT molecular complexity index is 421. The van der Waals surface area contributed by atoms with Gasteiger partial charge < -0.3 is 14.7 Å². The highest BCUT2D eigenvalue weighted by Gasteiger charge is 2.45. The van der Waals surface area contributed by atoms with Crippen molar-refractivity contribution in [2.24, 2.45) is 0 Å². The minimum absolute atomic E-state index is 0.0922. The number of hydrogen-bond acceptors (Lipinski definition) is 3. The quantitative estimate of drug-likeness (QED) is 0.723. The summed E-state index contributed by atoms with van der Waals surface area (Å²) >= 11 is 0. The maximum absolute atomic E-state index is 11.8. The average molecular weight is 265 g/mol. The highest BCUT2D eigenvalue weighted by molar-refractivity contribution is 5.83. The van der Waals surface area contributed by atoms with Crippen molar-refractivity contribution in [3.63, 3.8) is 0 Å². The number of amides is 1. The summed E-state index contributed by atoms with van der Waals surface area (Å²) in [6.07, 6.45) is 1.24. The molecule has 0 aromatic heterocycles. The molecule has 1 atom stereocenters. The van der Waals surface area contributed by atoms with Crippen molar-refractivity contribution in [2.75, 3.05) is 20.3 Å². The predicted molar refractivity (Wildman–Crippen MR) is 70.7 cm³/mol. The predicted octanol–water partition coefficient (Wildman–Crippen LogP) is 1.48. The van der Waals surface area contributed by atoms with E-state index >= 15 is 0 Å². The van der Waals surface area contributed by atoms with E-state index in [2.05, 4.69) is 0 Å². The van der Waals surface area contributed by atoms with E-state index in [-0.39, 0.29) is 6.61 Å². The van der Waals surface area contributed by atoms with Crippen LogP contribution in [-0.4, -0.2) is 42.6 Å². The van der Waals surface area contributed by atoms with Crippen LogP contribution in [0, 0.1) is 0 Å². The van der Waals surface area contributed by atoms with Gasteiger partial charge in [-0.25, -0.2) is 4.79 Å². The molecule has 0 aliphatic heterocycles. The summed E-state index contributed by atoms with van der Waals surface area (Å²) in [5.41, 5.74) is -0.946. The lowest BCUT2D eigenvalue weighted by atomic mass is 9.88. The van der Waals surface area contributed by atoms with Crippen molar-refractivity contribution in [1.82, 2.24) is 4.90 Å². The molecule has 104 valence electrons. The molecule has 1 N–H and O–H groups in total. The van der Waals surface area contributed by atoms with Crippen LogP contribution in [0.5, 0.6) is 0 Å². The Kier molecular flexibility index (Phi) is 5.51. The number of nitrogens with zero attached hydrogens (tertiary/aromatic N) is 1. The summed E-state index contributed by atoms with van der Waals surface area (Å²) < 4.78 is 5.07. The Morgan fingerprint density at radius 3 is 2.47 bits per heavy atom. The van der Waals surface area contributed by atoms with Crippen LogP contribution in [0.2, 0.25) is 0 Å². The summed E-state index contributed by atoms with van der Waals surface area (Å²) in [7, 11) is 1.43. The Hall–Kier alpha value is -1.88. The number of carboxylic acid groups (broad SMARTS) is 1. The van der Waals surface area contributed by atoms with E-state index in [0.717, 1.165) is 0 Å². The van der Waals surface area contributed by atoms with Crippen LogP contribution in [0.25, 0.3) is 0 Å². The molecule has 0 saturated carbocycles. The Balaban J connectivity index is 3.36. The van der Waals surface area contributed by atoms with E-state index in [4.69, 9.17) is 4.74 Å². The summed E-state index contributed by atoms with van der Waals surface area (Å²) in [6.45, 7) is 2.15. The second kappa shape index (κ2) is 6.89. The molecule has 0 saturated heterocycles. The van der Waals surface area contributed by atoms with Gasteiger partial charge in [0.05, 0.1) is 6.61 Å². The number of carboxylic acids is 1. The zero-order valence-corrected chi connectivity index (χ0v) is 11.2. The van der Waals surface area contributed by atoms with E-state index in [1.54, 1.807) is 30.3 Å². The normalized spacial score (nSPS) is 13.6. The van der Waals surface area contributed by atoms with Gasteiger partial charge >= 0.3 is 5.97 Å². The number of ether oxygens (including phenoxy) is 1. The van der Waals surface area contributed by atoms with E-state index in [9.17, 15) is 14.7 Å². The van der Waals surface area contributed by atoms with Crippen LogP contribution in [-0.2, 0) is 19.9 Å². The molecular weight excluding hydrogens is 246 g/mol. The number of benzene rings is 1. The molecule has 5 heteroatoms. The molecule has 0 spiro atoms. The van der Waals surface area contributed by atoms with Crippen LogP contribution >= 0.6 is 0 Å². The topological polar surface area (TPSA) is 66.8 Å². The zero-order chi connectivity index (χ0) is 14.3. The first-order chi connectivity index (χ1) is 9.13. The van der Waals surface area contributed by atoms with E-state index in [0.29, 0.717) is 24.9 Å². The Morgan fingerprint density at radius 2 is 2.05 bits per heavy atom. The molecule has 1 rings (SSSR count). The lowest BCUT2D eigenvalue weighted by Crippen LogP contribution is -2.54. The van der Waals surface area contributed by atoms with Crippen LogP contribution < -0.4 is 0 Å². The highest BCUT2D eigenvalue weighted by Crippen LogP contribution is 2.29. The minimum Gasteiger partial charge on any atom is -0.479 e. The van der Waals surface area contributed by atoms with E-state index in [1.807, 2.05) is 6.92 Å². The first kappa shape index (κ1) is 15.2. The number of hydrogen-bond donors (Lipinski definition) is 1. The zero-order valence-electron chi connectivity index (χ0n) is 11.2. The molecular formula is C14H19NO4. The SMILES string of the molecule is CCCN(C=O)C(COC)(C(=O)O)c1ccccc1. The van der Waals surface area contributed by atoms with Gasteiger partial charge in [0.15, 0.2) is 5.54 Å². The van der Waals surface area contributed by atoms with Crippen molar-refractivity contribution >= 4 is 12.4 Å². The lowest BCUT2D eigenvalue weighted by Gasteiger charge is -2.38. The molecule has 1 aromatic rings. The van der Waals surface area contributed by atoms with Crippen LogP contribution in [0.3, 0.4) is 0 Å². The summed E-state index contributed by atoms with van der Waals surface area (Å²) in [5.74, 6) is -1.10. The van der Waals surface area contributed by atoms with Gasteiger partial charge in [-0.05, 0) is 12.0 Å². The molecule has 1 unspecified atom stereocenters. The van der Waals surface area contributed by atoms with Gasteiger partial charge in [0.1, 0.15) is 0 Å². The van der Waals surface area contributed by atoms with Gasteiger partial charge in [-0.1, -0.05) is 37.3 Å². The summed E-state index contributed by atoms with van der Waals surface area (Å²) in [5, 5.41) is 9.66. The fourth-order valence-electron chi connectivity index (χ4n) is 2.14. The van der Waals surface area contributed by atoms with Crippen molar-refractivity contribution in [2.45, 2.75) is 18.9 Å². The summed E-state index contributed by atoms with van der Waals surface area (Å²) in [4.78, 5) is 24.4. The molecule has 0 aliphatic rings. The number of aliphatic carboxylic acids is 1. The molecule has 1 aromatic carbocycles. The fourth-order valence-corrected chi connectivity index (χ4v) is 2.14. The molecule has 0 bridgehead atoms. The Morgan fingerprint density at radius 1 is 1.42 bits per heavy atom. The number of rotatable bonds is 8. The molecule has 0 fully saturated rings. The van der Waals surface area contributed by atoms with Gasteiger partial charge in [0.2, 0.25) is 6.41 Å². The van der Waals surface area contributed by atoms with E-state index < -0.39 is 11.5 Å². The van der Waals surface area contributed by atoms with Crippen LogP contribution in [0.4, 0.5) is 0 Å². The van der Waals surface area contributed by atoms with Crippen molar-refractivity contribution in [3.05, 3.63) is 35.9 Å². The van der Waals surface area contributed by atoms with Gasteiger partial charge in [0, 0.05) is 13.7 Å². The highest BCUT2D eigenvalue weighted by atomic mass is 16.5. The largest absolute Gasteiger partial charge is 0.479 e. The van der Waals surface area contributed by atoms with Gasteiger partial charge in [-0.3, -0.25) is 4.79 Å². The Labute approximate surface area is 112 Å². The monoisotopic (exact) mass is 265 g/mol. The second-order valence-corrected chi connectivity index (χ2v) is 4.26. The first-order valence-corrected chi connectivity index (χ1v) is 6.13. The number of carbonyl (C=O) groups is 2. The smallest absolute Gasteiger partial charge is 0.336 e. The molecule has 1 amide bonds. The van der Waals surface area contributed by atoms with Crippen molar-refractivity contribution in [3.8, 4) is 0 Å². The number of methoxy groups -OCH3 is 1. The maximum atomic E-state index is 11.8. The summed E-state index contributed by atoms with van der Waals surface area (Å²) in [6, 6.07) is 8.68. The van der Waals surface area contributed by atoms with Crippen LogP contribution in [0.15, 0.2) is 30.3 Å². The third-order valence-corrected chi connectivity index (χ3v) is 3.04. The lowest BCUT2D eigenvalue weighted by molar-refractivity contribution is -0.160. The van der Waals surface area contributed by atoms with Crippen LogP contribution in [0.1, 0.15) is 18.9 Å². The average Bonchev–Trinajstić information content (AvgIpc) is 2.43. The standard InChI is InChI=1S/C14H19NO4/c1-3-9-15(11-16)14(10-19-2,13(17)18)12-7-5-4-6-8-12/h4-8,11H,3,9-10H2,1-2H3,(H,17,18). The van der Waals surface area contributed by atoms with Crippen molar-refractivity contribution < 1.29 is 19.4 Å². The molecule has 0 aliphatic carbocycles. The molecule has 5 nitrogen and oxygen atoms in total. The first-order valence-electron chi connectivity index (χ1n) is 6.13. The van der Waals surface area contributed by atoms with E-state index in [1.165, 1.54) is 12.0 Å².